The van der Waals surface area contributed by atoms with E-state index in [0.717, 1.165) is 13.8 Å². The highest BCUT2D eigenvalue weighted by Gasteiger charge is 2.37. The average molecular weight is 1120 g/mol. The molecule has 1 aromatic heterocycles. The first-order valence-corrected chi connectivity index (χ1v) is 24.7. The number of unbranched alkanes of at least 4 members (excludes halogenated alkanes) is 1. The molecule has 0 fully saturated rings. The molecule has 0 aliphatic carbocycles. The lowest BCUT2D eigenvalue weighted by Gasteiger charge is -2.28. The number of amides is 10. The summed E-state index contributed by atoms with van der Waals surface area (Å²) in [6.45, 7) is -0.108. The number of benzene rings is 1. The van der Waals surface area contributed by atoms with E-state index < -0.39 is 164 Å². The quantitative estimate of drug-likeness (QED) is 0.0279. The Hall–Kier alpha value is -8.17. The second kappa shape index (κ2) is 34.6. The molecule has 0 aliphatic heterocycles. The van der Waals surface area contributed by atoms with Crippen molar-refractivity contribution in [2.75, 3.05) is 33.4 Å². The highest BCUT2D eigenvalue weighted by atomic mass is 16.5. The SMILES string of the molecule is COC[C@@H](NC(=O)[C@@H](N)Cc1cnc[nH]1)C(=O)N[C@@H](CCC(N)=O)C(=O)NCC(=O)N[C@H](C(=O)N[C@@H](Cc1ccccc1)C(=O)N[C@H](C(=O)N[C@@H](CO)C(=O)N[C@@H](CC(=O)O)C(=O)N[C@@H](CCCCN)C(=O)O)[C@@H](C)O)[C@@H](C)O. The molecule has 0 bridgehead atoms. The molecule has 2 aromatic rings. The maximum absolute atomic E-state index is 14.0. The number of carbonyl (C=O) groups is 12. The molecule has 0 aliphatic rings. The Balaban J connectivity index is 2.25. The number of aliphatic hydroxyl groups excluding tert-OH is 3. The molecule has 21 N–H and O–H groups in total. The summed E-state index contributed by atoms with van der Waals surface area (Å²) < 4.78 is 5.06. The maximum Gasteiger partial charge on any atom is 0.326 e. The van der Waals surface area contributed by atoms with E-state index in [4.69, 9.17) is 21.9 Å². The van der Waals surface area contributed by atoms with E-state index in [-0.39, 0.29) is 45.3 Å². The molecule has 0 saturated carbocycles. The molecule has 2 rings (SSSR count). The molecule has 32 heteroatoms. The Kier molecular flexibility index (Phi) is 29.3. The third-order valence-corrected chi connectivity index (χ3v) is 11.5. The third-order valence-electron chi connectivity index (χ3n) is 11.5. The number of carboxylic acid groups (broad SMARTS) is 2. The van der Waals surface area contributed by atoms with Crippen molar-refractivity contribution in [1.29, 1.82) is 0 Å². The number of aromatic amines is 1. The zero-order valence-corrected chi connectivity index (χ0v) is 43.6. The van der Waals surface area contributed by atoms with Crippen LogP contribution in [0.3, 0.4) is 0 Å². The van der Waals surface area contributed by atoms with Crippen molar-refractivity contribution in [2.24, 2.45) is 17.2 Å². The van der Waals surface area contributed by atoms with Crippen molar-refractivity contribution in [2.45, 2.75) is 132 Å². The normalized spacial score (nSPS) is 15.2. The largest absolute Gasteiger partial charge is 0.481 e. The Morgan fingerprint density at radius 3 is 1.73 bits per heavy atom. The summed E-state index contributed by atoms with van der Waals surface area (Å²) in [4.78, 5) is 162. The summed E-state index contributed by atoms with van der Waals surface area (Å²) in [5, 5.41) is 70.5. The van der Waals surface area contributed by atoms with E-state index >= 15 is 0 Å². The monoisotopic (exact) mass is 1120 g/mol. The lowest BCUT2D eigenvalue weighted by atomic mass is 10.0. The molecule has 0 unspecified atom stereocenters. The summed E-state index contributed by atoms with van der Waals surface area (Å²) >= 11 is 0. The smallest absolute Gasteiger partial charge is 0.326 e. The van der Waals surface area contributed by atoms with E-state index in [2.05, 4.69) is 52.5 Å². The molecular weight excluding hydrogens is 1050 g/mol. The van der Waals surface area contributed by atoms with E-state index in [0.29, 0.717) is 17.7 Å². The van der Waals surface area contributed by atoms with E-state index in [1.807, 2.05) is 5.32 Å². The number of imidazole rings is 1. The first-order chi connectivity index (χ1) is 37.3. The van der Waals surface area contributed by atoms with Crippen LogP contribution in [0.2, 0.25) is 0 Å². The molecule has 11 atom stereocenters. The minimum absolute atomic E-state index is 0.0234. The lowest BCUT2D eigenvalue weighted by molar-refractivity contribution is -0.144. The fourth-order valence-corrected chi connectivity index (χ4v) is 7.22. The Morgan fingerprint density at radius 1 is 0.646 bits per heavy atom. The van der Waals surface area contributed by atoms with Crippen LogP contribution in [0.25, 0.3) is 0 Å². The van der Waals surface area contributed by atoms with Crippen LogP contribution in [-0.4, -0.2) is 207 Å². The van der Waals surface area contributed by atoms with Crippen LogP contribution in [0, 0.1) is 0 Å². The molecule has 0 spiro atoms. The molecule has 79 heavy (non-hydrogen) atoms. The van der Waals surface area contributed by atoms with Gasteiger partial charge in [-0.05, 0) is 51.6 Å². The number of aromatic nitrogens is 2. The predicted molar refractivity (Wildman–Crippen MR) is 272 cm³/mol. The molecular formula is C47H72N14O18. The number of hydrogen-bond donors (Lipinski definition) is 18. The number of primary amides is 1. The fourth-order valence-electron chi connectivity index (χ4n) is 7.22. The lowest BCUT2D eigenvalue weighted by Crippen LogP contribution is -2.63. The second-order valence-electron chi connectivity index (χ2n) is 18.0. The minimum Gasteiger partial charge on any atom is -0.481 e. The van der Waals surface area contributed by atoms with Crippen LogP contribution >= 0.6 is 0 Å². The van der Waals surface area contributed by atoms with Crippen molar-refractivity contribution in [1.82, 2.24) is 57.8 Å². The van der Waals surface area contributed by atoms with Gasteiger partial charge in [0.15, 0.2) is 0 Å². The van der Waals surface area contributed by atoms with Crippen molar-refractivity contribution in [3.8, 4) is 0 Å². The zero-order chi connectivity index (χ0) is 59.4. The van der Waals surface area contributed by atoms with Gasteiger partial charge in [0, 0.05) is 38.3 Å². The van der Waals surface area contributed by atoms with Crippen molar-refractivity contribution >= 4 is 71.0 Å². The van der Waals surface area contributed by atoms with Gasteiger partial charge in [0.1, 0.15) is 48.3 Å². The molecule has 10 amide bonds. The highest BCUT2D eigenvalue weighted by Crippen LogP contribution is 2.09. The first kappa shape index (κ1) is 66.9. The van der Waals surface area contributed by atoms with Gasteiger partial charge < -0.3 is 100 Å². The number of nitrogens with one attached hydrogen (secondary N) is 10. The fraction of sp³-hybridized carbons (Fsp3) is 0.553. The highest BCUT2D eigenvalue weighted by molar-refractivity contribution is 5.99. The summed E-state index contributed by atoms with van der Waals surface area (Å²) in [6.07, 6.45) is -2.23. The summed E-state index contributed by atoms with van der Waals surface area (Å²) in [7, 11) is 1.23. The van der Waals surface area contributed by atoms with Crippen LogP contribution in [0.1, 0.15) is 63.6 Å². The van der Waals surface area contributed by atoms with Crippen LogP contribution < -0.4 is 65.1 Å². The number of H-pyrrole nitrogens is 1. The molecule has 438 valence electrons. The van der Waals surface area contributed by atoms with E-state index in [9.17, 15) is 83.1 Å². The maximum atomic E-state index is 14.0. The van der Waals surface area contributed by atoms with Crippen LogP contribution in [-0.2, 0) is 75.1 Å². The summed E-state index contributed by atoms with van der Waals surface area (Å²) in [6, 6.07) is -7.01. The van der Waals surface area contributed by atoms with E-state index in [1.54, 1.807) is 30.3 Å². The number of carboxylic acids is 2. The van der Waals surface area contributed by atoms with Crippen molar-refractivity contribution in [3.63, 3.8) is 0 Å². The summed E-state index contributed by atoms with van der Waals surface area (Å²) in [5.74, 6) is -14.0. The third kappa shape index (κ3) is 24.4. The molecule has 32 nitrogen and oxygen atoms in total. The van der Waals surface area contributed by atoms with Gasteiger partial charge in [-0.3, -0.25) is 52.7 Å². The van der Waals surface area contributed by atoms with Gasteiger partial charge in [-0.15, -0.1) is 0 Å². The average Bonchev–Trinajstić information content (AvgIpc) is 3.91. The van der Waals surface area contributed by atoms with Gasteiger partial charge in [-0.2, -0.15) is 0 Å². The number of nitrogens with two attached hydrogens (primary N) is 3. The van der Waals surface area contributed by atoms with Gasteiger partial charge in [0.25, 0.3) is 0 Å². The molecule has 1 aromatic carbocycles. The molecule has 0 radical (unpaired) electrons. The number of methoxy groups -OCH3 is 1. The van der Waals surface area contributed by atoms with Gasteiger partial charge >= 0.3 is 11.9 Å². The number of nitrogens with zero attached hydrogens (tertiary/aromatic N) is 1. The standard InChI is InChI=1S/C47H72N14O18/c1-23(63)37(60-35(66)19-52-40(70)28(12-13-34(50)65)54-44(74)33(21-79-3)59-39(69)27(49)16-26-18-51-22-53-26)45(75)57-30(15-25-9-5-4-6-10-25)42(72)61-38(24(2)64)46(76)58-32(20-62)43(73)56-31(17-36(67)68)41(71)55-29(47(77)78)11-7-8-14-48/h4-6,9-10,18,22-24,27-33,37-38,62-64H,7-8,11-17,19-21,48-49H2,1-3H3,(H2,50,65)(H,51,53)(H,52,70)(H,54,74)(H,55,71)(H,56,73)(H,57,75)(H,58,76)(H,59,69)(H,60,66)(H,61,72)(H,67,68)(H,77,78)/t23-,24-,27+,28+,29+,30+,31+,32+,33-,37+,38+/m1/s1. The van der Waals surface area contributed by atoms with Crippen molar-refractivity contribution in [3.05, 3.63) is 54.1 Å². The van der Waals surface area contributed by atoms with Crippen LogP contribution in [0.4, 0.5) is 0 Å². The Bertz CT molecular complexity index is 2380. The number of hydrogen-bond acceptors (Lipinski definition) is 19. The Labute approximate surface area is 452 Å². The number of rotatable bonds is 37. The number of aliphatic carboxylic acids is 2. The van der Waals surface area contributed by atoms with Gasteiger partial charge in [-0.1, -0.05) is 30.3 Å². The van der Waals surface area contributed by atoms with Crippen molar-refractivity contribution < 1.29 is 87.8 Å². The first-order valence-electron chi connectivity index (χ1n) is 24.7. The summed E-state index contributed by atoms with van der Waals surface area (Å²) in [5.41, 5.74) is 17.7. The zero-order valence-electron chi connectivity index (χ0n) is 43.6. The topological polar surface area (TPSA) is 530 Å². The number of ether oxygens (including phenoxy) is 1. The molecule has 1 heterocycles. The number of carbonyl (C=O) groups excluding carboxylic acids is 10. The van der Waals surface area contributed by atoms with Gasteiger partial charge in [0.05, 0.1) is 50.8 Å². The van der Waals surface area contributed by atoms with Gasteiger partial charge in [0.2, 0.25) is 59.1 Å². The second-order valence-corrected chi connectivity index (χ2v) is 18.0. The van der Waals surface area contributed by atoms with E-state index in [1.165, 1.54) is 19.6 Å². The van der Waals surface area contributed by atoms with Crippen LogP contribution in [0.15, 0.2) is 42.9 Å². The predicted octanol–water partition coefficient (Wildman–Crippen LogP) is -8.13. The Morgan fingerprint density at radius 2 is 1.19 bits per heavy atom. The number of aliphatic hydroxyl groups is 3. The van der Waals surface area contributed by atoms with Crippen LogP contribution in [0.5, 0.6) is 0 Å². The van der Waals surface area contributed by atoms with Gasteiger partial charge in [-0.25, -0.2) is 9.78 Å². The molecule has 0 saturated heterocycles. The minimum atomic E-state index is -1.97.